The Labute approximate surface area is 133 Å². The van der Waals surface area contributed by atoms with Gasteiger partial charge in [-0.15, -0.1) is 0 Å². The summed E-state index contributed by atoms with van der Waals surface area (Å²) in [5, 5.41) is -0.129. The predicted molar refractivity (Wildman–Crippen MR) is 80.0 cm³/mol. The Kier molecular flexibility index (Phi) is 9.93. The first-order chi connectivity index (χ1) is 10.3. The van der Waals surface area contributed by atoms with Crippen molar-refractivity contribution in [3.05, 3.63) is 12.7 Å². The molecule has 8 heteroatoms. The standard InChI is InChI=1S/C14H20O7S/c1-5-6-20-14(18)11(7-12(16)19-4)21-13(17)9(2)8-22-10(3)15/h5,9,11H,1,6-8H2,2-4H3/t9-,11+/m1/s1. The van der Waals surface area contributed by atoms with Crippen LogP contribution >= 0.6 is 11.8 Å². The molecule has 0 spiro atoms. The quantitative estimate of drug-likeness (QED) is 0.352. The molecule has 0 heterocycles. The molecule has 7 nitrogen and oxygen atoms in total. The van der Waals surface area contributed by atoms with Crippen LogP contribution in [0.3, 0.4) is 0 Å². The third-order valence-corrected chi connectivity index (χ3v) is 3.46. The zero-order chi connectivity index (χ0) is 17.1. The van der Waals surface area contributed by atoms with Crippen LogP contribution in [0.1, 0.15) is 20.3 Å². The second kappa shape index (κ2) is 10.8. The largest absolute Gasteiger partial charge is 0.469 e. The van der Waals surface area contributed by atoms with Gasteiger partial charge in [-0.2, -0.15) is 0 Å². The molecule has 0 N–H and O–H groups in total. The van der Waals surface area contributed by atoms with Gasteiger partial charge in [0.05, 0.1) is 19.4 Å². The fraction of sp³-hybridized carbons (Fsp3) is 0.571. The van der Waals surface area contributed by atoms with Gasteiger partial charge in [0.1, 0.15) is 6.61 Å². The molecule has 0 rings (SSSR count). The van der Waals surface area contributed by atoms with Crippen molar-refractivity contribution in [2.45, 2.75) is 26.4 Å². The molecule has 0 saturated heterocycles. The summed E-state index contributed by atoms with van der Waals surface area (Å²) in [6.07, 6.45) is -0.476. The fourth-order valence-corrected chi connectivity index (χ4v) is 1.83. The zero-order valence-corrected chi connectivity index (χ0v) is 13.6. The summed E-state index contributed by atoms with van der Waals surface area (Å²) in [6.45, 7) is 6.26. The van der Waals surface area contributed by atoms with E-state index >= 15 is 0 Å². The predicted octanol–water partition coefficient (Wildman–Crippen LogP) is 1.11. The van der Waals surface area contributed by atoms with Crippen molar-refractivity contribution in [3.63, 3.8) is 0 Å². The fourth-order valence-electron chi connectivity index (χ4n) is 1.21. The minimum Gasteiger partial charge on any atom is -0.469 e. The second-order valence-corrected chi connectivity index (χ2v) is 5.53. The average Bonchev–Trinajstić information content (AvgIpc) is 2.48. The topological polar surface area (TPSA) is 96.0 Å². The molecule has 0 radical (unpaired) electrons. The van der Waals surface area contributed by atoms with Gasteiger partial charge >= 0.3 is 17.9 Å². The molecule has 0 aliphatic rings. The lowest BCUT2D eigenvalue weighted by Gasteiger charge is -2.17. The smallest absolute Gasteiger partial charge is 0.348 e. The van der Waals surface area contributed by atoms with Gasteiger partial charge in [0.25, 0.3) is 0 Å². The van der Waals surface area contributed by atoms with Crippen molar-refractivity contribution in [1.29, 1.82) is 0 Å². The molecule has 0 aromatic rings. The highest BCUT2D eigenvalue weighted by Gasteiger charge is 2.29. The summed E-state index contributed by atoms with van der Waals surface area (Å²) in [6, 6.07) is 0. The van der Waals surface area contributed by atoms with Crippen molar-refractivity contribution in [1.82, 2.24) is 0 Å². The summed E-state index contributed by atoms with van der Waals surface area (Å²) in [4.78, 5) is 45.8. The molecular formula is C14H20O7S. The molecule has 0 fully saturated rings. The number of methoxy groups -OCH3 is 1. The third-order valence-electron chi connectivity index (χ3n) is 2.38. The van der Waals surface area contributed by atoms with E-state index in [2.05, 4.69) is 11.3 Å². The first-order valence-electron chi connectivity index (χ1n) is 6.50. The summed E-state index contributed by atoms with van der Waals surface area (Å²) in [5.74, 6) is -2.65. The minimum atomic E-state index is -1.38. The van der Waals surface area contributed by atoms with Crippen LogP contribution in [0.4, 0.5) is 0 Å². The van der Waals surface area contributed by atoms with E-state index in [1.54, 1.807) is 6.92 Å². The first kappa shape index (κ1) is 20.2. The van der Waals surface area contributed by atoms with E-state index in [1.165, 1.54) is 13.0 Å². The van der Waals surface area contributed by atoms with Crippen LogP contribution in [0.2, 0.25) is 0 Å². The Morgan fingerprint density at radius 1 is 1.23 bits per heavy atom. The highest BCUT2D eigenvalue weighted by Crippen LogP contribution is 2.13. The van der Waals surface area contributed by atoms with E-state index < -0.39 is 36.4 Å². The van der Waals surface area contributed by atoms with E-state index in [4.69, 9.17) is 9.47 Å². The number of esters is 3. The number of ether oxygens (including phenoxy) is 3. The molecular weight excluding hydrogens is 312 g/mol. The number of thioether (sulfide) groups is 1. The molecule has 0 aromatic carbocycles. The van der Waals surface area contributed by atoms with Gasteiger partial charge in [-0.3, -0.25) is 14.4 Å². The number of carbonyl (C=O) groups excluding carboxylic acids is 4. The van der Waals surface area contributed by atoms with E-state index in [0.717, 1.165) is 18.9 Å². The summed E-state index contributed by atoms with van der Waals surface area (Å²) in [5.41, 5.74) is 0. The van der Waals surface area contributed by atoms with Crippen LogP contribution in [0.15, 0.2) is 12.7 Å². The van der Waals surface area contributed by atoms with E-state index in [0.29, 0.717) is 0 Å². The molecule has 124 valence electrons. The van der Waals surface area contributed by atoms with Gasteiger partial charge in [0, 0.05) is 12.7 Å². The summed E-state index contributed by atoms with van der Waals surface area (Å²) < 4.78 is 14.2. The molecule has 2 atom stereocenters. The van der Waals surface area contributed by atoms with Gasteiger partial charge in [-0.05, 0) is 0 Å². The van der Waals surface area contributed by atoms with Crippen LogP contribution in [0, 0.1) is 5.92 Å². The minimum absolute atomic E-state index is 0.0657. The Hall–Kier alpha value is -1.83. The van der Waals surface area contributed by atoms with E-state index in [-0.39, 0.29) is 17.5 Å². The molecule has 0 amide bonds. The van der Waals surface area contributed by atoms with Crippen molar-refractivity contribution < 1.29 is 33.4 Å². The van der Waals surface area contributed by atoms with E-state index in [9.17, 15) is 19.2 Å². The highest BCUT2D eigenvalue weighted by molar-refractivity contribution is 8.13. The SMILES string of the molecule is C=CCOC(=O)[C@H](CC(=O)OC)OC(=O)[C@H](C)CSC(C)=O. The van der Waals surface area contributed by atoms with Gasteiger partial charge in [0.2, 0.25) is 6.10 Å². The van der Waals surface area contributed by atoms with Crippen molar-refractivity contribution >= 4 is 34.8 Å². The van der Waals surface area contributed by atoms with Crippen LogP contribution < -0.4 is 0 Å². The molecule has 22 heavy (non-hydrogen) atoms. The average molecular weight is 332 g/mol. The second-order valence-electron chi connectivity index (χ2n) is 4.33. The molecule has 0 aromatic heterocycles. The lowest BCUT2D eigenvalue weighted by Crippen LogP contribution is -2.34. The Morgan fingerprint density at radius 3 is 2.36 bits per heavy atom. The van der Waals surface area contributed by atoms with Gasteiger partial charge in [-0.25, -0.2) is 4.79 Å². The van der Waals surface area contributed by atoms with Crippen LogP contribution in [-0.2, 0) is 33.4 Å². The van der Waals surface area contributed by atoms with Gasteiger partial charge in [0.15, 0.2) is 5.12 Å². The maximum absolute atomic E-state index is 11.9. The Bertz CT molecular complexity index is 433. The first-order valence-corrected chi connectivity index (χ1v) is 7.48. The highest BCUT2D eigenvalue weighted by atomic mass is 32.2. The molecule has 0 unspecified atom stereocenters. The molecule has 0 bridgehead atoms. The van der Waals surface area contributed by atoms with Crippen molar-refractivity contribution in [2.24, 2.45) is 5.92 Å². The Balaban J connectivity index is 4.69. The van der Waals surface area contributed by atoms with Gasteiger partial charge in [-0.1, -0.05) is 31.3 Å². The monoisotopic (exact) mass is 332 g/mol. The maximum Gasteiger partial charge on any atom is 0.348 e. The Morgan fingerprint density at radius 2 is 1.86 bits per heavy atom. The lowest BCUT2D eigenvalue weighted by molar-refractivity contribution is -0.172. The van der Waals surface area contributed by atoms with Crippen molar-refractivity contribution in [2.75, 3.05) is 19.5 Å². The number of hydrogen-bond acceptors (Lipinski definition) is 8. The normalized spacial score (nSPS) is 12.7. The molecule has 0 aliphatic carbocycles. The van der Waals surface area contributed by atoms with Crippen LogP contribution in [0.25, 0.3) is 0 Å². The number of hydrogen-bond donors (Lipinski definition) is 0. The van der Waals surface area contributed by atoms with Crippen LogP contribution in [0.5, 0.6) is 0 Å². The summed E-state index contributed by atoms with van der Waals surface area (Å²) >= 11 is 0.975. The lowest BCUT2D eigenvalue weighted by atomic mass is 10.2. The van der Waals surface area contributed by atoms with Gasteiger partial charge < -0.3 is 14.2 Å². The third kappa shape index (κ3) is 8.46. The van der Waals surface area contributed by atoms with Crippen LogP contribution in [-0.4, -0.2) is 48.6 Å². The molecule has 0 aliphatic heterocycles. The van der Waals surface area contributed by atoms with E-state index in [1.807, 2.05) is 0 Å². The maximum atomic E-state index is 11.9. The van der Waals surface area contributed by atoms with Crippen molar-refractivity contribution in [3.8, 4) is 0 Å². The zero-order valence-electron chi connectivity index (χ0n) is 12.8. The molecule has 0 saturated carbocycles. The number of carbonyl (C=O) groups is 4. The summed E-state index contributed by atoms with van der Waals surface area (Å²) in [7, 11) is 1.16. The number of rotatable bonds is 9.